The Balaban J connectivity index is 2.19. The quantitative estimate of drug-likeness (QED) is 0.528. The highest BCUT2D eigenvalue weighted by Crippen LogP contribution is 2.30. The molecular formula is C14H9F4N5O3S. The van der Waals surface area contributed by atoms with Gasteiger partial charge in [-0.25, -0.2) is 9.37 Å². The number of nitrogens with zero attached hydrogens (tertiary/aromatic N) is 5. The van der Waals surface area contributed by atoms with E-state index in [1.54, 1.807) is 0 Å². The fourth-order valence-corrected chi connectivity index (χ4v) is 2.46. The summed E-state index contributed by atoms with van der Waals surface area (Å²) in [6.07, 6.45) is -4.88. The van der Waals surface area contributed by atoms with Crippen molar-refractivity contribution in [2.75, 3.05) is 0 Å². The molecule has 2 heterocycles. The van der Waals surface area contributed by atoms with E-state index in [0.717, 1.165) is 18.2 Å². The fourth-order valence-electron chi connectivity index (χ4n) is 2.07. The van der Waals surface area contributed by atoms with Crippen LogP contribution in [0.4, 0.5) is 17.6 Å². The molecule has 0 amide bonds. The van der Waals surface area contributed by atoms with Crippen LogP contribution in [0.15, 0.2) is 35.4 Å². The molecule has 0 aliphatic rings. The molecule has 0 spiro atoms. The SMILES string of the molecule is Cc1ccc(-c2nc(C(F)(F)F)nn2-c2ccc(S(=O)(=O)O)nn2)cc1F. The highest BCUT2D eigenvalue weighted by atomic mass is 32.2. The second kappa shape index (κ2) is 6.35. The van der Waals surface area contributed by atoms with Crippen molar-refractivity contribution in [3.63, 3.8) is 0 Å². The number of hydrogen-bond donors (Lipinski definition) is 1. The lowest BCUT2D eigenvalue weighted by Crippen LogP contribution is -2.10. The number of hydrogen-bond acceptors (Lipinski definition) is 6. The van der Waals surface area contributed by atoms with Gasteiger partial charge in [-0.3, -0.25) is 4.55 Å². The molecule has 8 nitrogen and oxygen atoms in total. The van der Waals surface area contributed by atoms with Crippen LogP contribution in [0, 0.1) is 12.7 Å². The Morgan fingerprint density at radius 2 is 1.81 bits per heavy atom. The van der Waals surface area contributed by atoms with Crippen LogP contribution in [0.5, 0.6) is 0 Å². The second-order valence-electron chi connectivity index (χ2n) is 5.34. The van der Waals surface area contributed by atoms with E-state index in [2.05, 4.69) is 20.3 Å². The number of alkyl halides is 3. The maximum atomic E-state index is 13.8. The third kappa shape index (κ3) is 3.78. The Labute approximate surface area is 149 Å². The van der Waals surface area contributed by atoms with Crippen molar-refractivity contribution in [1.82, 2.24) is 25.0 Å². The molecule has 2 aromatic heterocycles. The van der Waals surface area contributed by atoms with Crippen LogP contribution in [-0.2, 0) is 16.3 Å². The maximum absolute atomic E-state index is 13.8. The van der Waals surface area contributed by atoms with Crippen molar-refractivity contribution in [1.29, 1.82) is 0 Å². The van der Waals surface area contributed by atoms with Crippen LogP contribution in [-0.4, -0.2) is 37.9 Å². The van der Waals surface area contributed by atoms with E-state index < -0.39 is 33.0 Å². The summed E-state index contributed by atoms with van der Waals surface area (Å²) < 4.78 is 84.4. The summed E-state index contributed by atoms with van der Waals surface area (Å²) in [6.45, 7) is 1.48. The first-order chi connectivity index (χ1) is 12.5. The third-order valence-corrected chi connectivity index (χ3v) is 4.14. The largest absolute Gasteiger partial charge is 0.453 e. The van der Waals surface area contributed by atoms with Crippen molar-refractivity contribution >= 4 is 10.1 Å². The standard InChI is InChI=1S/C14H9F4N5O3S/c1-7-2-3-8(6-9(7)15)12-19-13(14(16,17)18)22-23(12)10-4-5-11(21-20-10)27(24,25)26/h2-6H,1H3,(H,24,25,26). The molecule has 142 valence electrons. The van der Waals surface area contributed by atoms with E-state index in [0.29, 0.717) is 4.68 Å². The summed E-state index contributed by atoms with van der Waals surface area (Å²) in [7, 11) is -4.64. The molecule has 3 rings (SSSR count). The topological polar surface area (TPSA) is 111 Å². The predicted molar refractivity (Wildman–Crippen MR) is 81.9 cm³/mol. The fraction of sp³-hybridized carbons (Fsp3) is 0.143. The number of aromatic nitrogens is 5. The minimum Gasteiger partial charge on any atom is -0.281 e. The van der Waals surface area contributed by atoms with Gasteiger partial charge in [0.15, 0.2) is 11.6 Å². The molecule has 0 atom stereocenters. The van der Waals surface area contributed by atoms with Crippen LogP contribution in [0.3, 0.4) is 0 Å². The zero-order chi connectivity index (χ0) is 20.0. The lowest BCUT2D eigenvalue weighted by atomic mass is 10.1. The lowest BCUT2D eigenvalue weighted by Gasteiger charge is -2.06. The Hall–Kier alpha value is -2.93. The zero-order valence-electron chi connectivity index (χ0n) is 13.3. The van der Waals surface area contributed by atoms with Gasteiger partial charge >= 0.3 is 16.3 Å². The first-order valence-electron chi connectivity index (χ1n) is 7.09. The minimum atomic E-state index is -4.88. The molecule has 0 bridgehead atoms. The van der Waals surface area contributed by atoms with Crippen molar-refractivity contribution in [2.45, 2.75) is 18.1 Å². The highest BCUT2D eigenvalue weighted by Gasteiger charge is 2.37. The van der Waals surface area contributed by atoms with E-state index in [1.807, 2.05) is 0 Å². The van der Waals surface area contributed by atoms with Crippen LogP contribution < -0.4 is 0 Å². The first-order valence-corrected chi connectivity index (χ1v) is 8.53. The van der Waals surface area contributed by atoms with Crippen LogP contribution in [0.2, 0.25) is 0 Å². The zero-order valence-corrected chi connectivity index (χ0v) is 14.1. The molecule has 0 aliphatic carbocycles. The lowest BCUT2D eigenvalue weighted by molar-refractivity contribution is -0.144. The molecule has 0 unspecified atom stereocenters. The number of benzene rings is 1. The smallest absolute Gasteiger partial charge is 0.281 e. The van der Waals surface area contributed by atoms with Crippen molar-refractivity contribution < 1.29 is 30.5 Å². The van der Waals surface area contributed by atoms with Gasteiger partial charge in [0.1, 0.15) is 5.82 Å². The van der Waals surface area contributed by atoms with Gasteiger partial charge in [-0.05, 0) is 30.7 Å². The van der Waals surface area contributed by atoms with E-state index >= 15 is 0 Å². The van der Waals surface area contributed by atoms with Crippen molar-refractivity contribution in [3.05, 3.63) is 47.5 Å². The van der Waals surface area contributed by atoms with Gasteiger partial charge in [-0.2, -0.15) is 26.3 Å². The van der Waals surface area contributed by atoms with Crippen LogP contribution in [0.25, 0.3) is 17.2 Å². The molecule has 27 heavy (non-hydrogen) atoms. The number of aryl methyl sites for hydroxylation is 1. The third-order valence-electron chi connectivity index (χ3n) is 3.40. The molecule has 1 N–H and O–H groups in total. The monoisotopic (exact) mass is 403 g/mol. The molecule has 0 saturated carbocycles. The van der Waals surface area contributed by atoms with E-state index in [-0.39, 0.29) is 22.8 Å². The molecule has 1 aromatic carbocycles. The van der Waals surface area contributed by atoms with Gasteiger partial charge in [-0.1, -0.05) is 12.1 Å². The van der Waals surface area contributed by atoms with Crippen LogP contribution in [0.1, 0.15) is 11.4 Å². The molecule has 0 radical (unpaired) electrons. The predicted octanol–water partition coefficient (Wildman–Crippen LogP) is 2.44. The Bertz CT molecular complexity index is 1110. The first kappa shape index (κ1) is 18.8. The van der Waals surface area contributed by atoms with Crippen molar-refractivity contribution in [2.24, 2.45) is 0 Å². The maximum Gasteiger partial charge on any atom is 0.453 e. The summed E-state index contributed by atoms with van der Waals surface area (Å²) in [5, 5.41) is 9.19. The molecule has 0 saturated heterocycles. The molecule has 13 heteroatoms. The van der Waals surface area contributed by atoms with Gasteiger partial charge in [0.05, 0.1) is 0 Å². The Morgan fingerprint density at radius 1 is 1.11 bits per heavy atom. The highest BCUT2D eigenvalue weighted by molar-refractivity contribution is 7.85. The molecule has 3 aromatic rings. The average Bonchev–Trinajstić information content (AvgIpc) is 3.02. The van der Waals surface area contributed by atoms with Gasteiger partial charge in [0.25, 0.3) is 5.82 Å². The van der Waals surface area contributed by atoms with E-state index in [1.165, 1.54) is 19.1 Å². The molecule has 0 fully saturated rings. The average molecular weight is 403 g/mol. The summed E-state index contributed by atoms with van der Waals surface area (Å²) in [4.78, 5) is 3.39. The summed E-state index contributed by atoms with van der Waals surface area (Å²) in [5.74, 6) is -2.86. The Kier molecular flexibility index (Phi) is 4.43. The second-order valence-corrected chi connectivity index (χ2v) is 6.71. The van der Waals surface area contributed by atoms with Gasteiger partial charge < -0.3 is 0 Å². The molecule has 0 aliphatic heterocycles. The molecular weight excluding hydrogens is 394 g/mol. The van der Waals surface area contributed by atoms with Crippen molar-refractivity contribution in [3.8, 4) is 17.2 Å². The summed E-state index contributed by atoms with van der Waals surface area (Å²) in [6, 6.07) is 5.48. The van der Waals surface area contributed by atoms with Gasteiger partial charge in [-0.15, -0.1) is 15.3 Å². The van der Waals surface area contributed by atoms with Crippen LogP contribution >= 0.6 is 0 Å². The summed E-state index contributed by atoms with van der Waals surface area (Å²) in [5.41, 5.74) is 0.264. The van der Waals surface area contributed by atoms with E-state index in [4.69, 9.17) is 4.55 Å². The summed E-state index contributed by atoms with van der Waals surface area (Å²) >= 11 is 0. The van der Waals surface area contributed by atoms with Gasteiger partial charge in [0.2, 0.25) is 5.03 Å². The number of halogens is 4. The minimum absolute atomic E-state index is 0.0123. The van der Waals surface area contributed by atoms with E-state index in [9.17, 15) is 26.0 Å². The van der Waals surface area contributed by atoms with Gasteiger partial charge in [0, 0.05) is 5.56 Å². The number of rotatable bonds is 3. The Morgan fingerprint density at radius 3 is 2.33 bits per heavy atom. The normalized spacial score (nSPS) is 12.4.